The van der Waals surface area contributed by atoms with Crippen molar-refractivity contribution in [3.63, 3.8) is 0 Å². The van der Waals surface area contributed by atoms with Gasteiger partial charge in [0.15, 0.2) is 0 Å². The van der Waals surface area contributed by atoms with Crippen LogP contribution in [-0.2, 0) is 4.79 Å². The van der Waals surface area contributed by atoms with Crippen LogP contribution in [0, 0.1) is 0 Å². The molecule has 1 aliphatic rings. The van der Waals surface area contributed by atoms with E-state index in [1.54, 1.807) is 31.3 Å². The number of piperidine rings is 1. The van der Waals surface area contributed by atoms with E-state index in [1.807, 2.05) is 19.0 Å². The summed E-state index contributed by atoms with van der Waals surface area (Å²) in [5.41, 5.74) is 7.51. The third-order valence-electron chi connectivity index (χ3n) is 7.14. The van der Waals surface area contributed by atoms with Gasteiger partial charge in [0.25, 0.3) is 11.8 Å². The maximum absolute atomic E-state index is 13.3. The zero-order valence-corrected chi connectivity index (χ0v) is 25.6. The molecule has 2 heterocycles. The molecule has 0 unspecified atom stereocenters. The molecule has 2 aromatic carbocycles. The molecule has 0 bridgehead atoms. The Morgan fingerprint density at radius 1 is 1.21 bits per heavy atom. The number of carbonyl (C=O) groups excluding carboxylic acids is 2. The molecule has 4 N–H and O–H groups in total. The number of likely N-dealkylation sites (tertiary alicyclic amines) is 1. The summed E-state index contributed by atoms with van der Waals surface area (Å²) in [6.45, 7) is 1.92. The van der Waals surface area contributed by atoms with E-state index in [-0.39, 0.29) is 44.3 Å². The second-order valence-corrected chi connectivity index (χ2v) is 11.5. The van der Waals surface area contributed by atoms with Crippen molar-refractivity contribution >= 4 is 39.8 Å². The summed E-state index contributed by atoms with van der Waals surface area (Å²) in [6.07, 6.45) is 3.12. The summed E-state index contributed by atoms with van der Waals surface area (Å²) < 4.78 is 31.2. The van der Waals surface area contributed by atoms with Gasteiger partial charge < -0.3 is 30.9 Å². The Morgan fingerprint density at radius 2 is 1.88 bits per heavy atom. The van der Waals surface area contributed by atoms with Crippen LogP contribution in [-0.4, -0.2) is 73.5 Å². The van der Waals surface area contributed by atoms with Crippen LogP contribution in [0.3, 0.4) is 0 Å². The fraction of sp³-hybridized carbons (Fsp3) is 0.300. The minimum absolute atomic E-state index is 0.0462. The van der Waals surface area contributed by atoms with Gasteiger partial charge in [-0.3, -0.25) is 9.59 Å². The van der Waals surface area contributed by atoms with Gasteiger partial charge in [-0.25, -0.2) is 4.98 Å². The van der Waals surface area contributed by atoms with E-state index in [0.29, 0.717) is 35.3 Å². The molecular formula is C30H33ClF2N6O3S. The minimum atomic E-state index is -3.10. The van der Waals surface area contributed by atoms with Gasteiger partial charge in [-0.2, -0.15) is 8.78 Å². The number of anilines is 1. The Balaban J connectivity index is 1.69. The number of hydrogen-bond donors (Lipinski definition) is 3. The fourth-order valence-corrected chi connectivity index (χ4v) is 5.90. The summed E-state index contributed by atoms with van der Waals surface area (Å²) in [5, 5.41) is 6.43. The third-order valence-corrected chi connectivity index (χ3v) is 8.39. The SMILES string of the molecule is C=C/C(C(=O)Nc1sc(-c2ccc(C(=O)N3CCC(N(C)C)CC3)cc2)nc1-c1cc(Cl)ccc1OC(F)F)=C(\N)NC. The summed E-state index contributed by atoms with van der Waals surface area (Å²) in [7, 11) is 5.66. The van der Waals surface area contributed by atoms with Gasteiger partial charge in [0.1, 0.15) is 27.3 Å². The highest BCUT2D eigenvalue weighted by molar-refractivity contribution is 7.19. The number of aromatic nitrogens is 1. The average Bonchev–Trinajstić information content (AvgIpc) is 3.41. The van der Waals surface area contributed by atoms with Crippen LogP contribution in [0.25, 0.3) is 21.8 Å². The van der Waals surface area contributed by atoms with Crippen molar-refractivity contribution in [2.45, 2.75) is 25.5 Å². The third kappa shape index (κ3) is 7.51. The topological polar surface area (TPSA) is 113 Å². The zero-order valence-electron chi connectivity index (χ0n) is 24.0. The van der Waals surface area contributed by atoms with Gasteiger partial charge in [-0.1, -0.05) is 47.7 Å². The number of benzene rings is 2. The molecule has 43 heavy (non-hydrogen) atoms. The predicted molar refractivity (Wildman–Crippen MR) is 166 cm³/mol. The number of halogens is 3. The van der Waals surface area contributed by atoms with E-state index >= 15 is 0 Å². The standard InChI is InChI=1S/C30H33ClF2N6O3S/c1-5-21(25(34)35-2)26(40)37-28-24(22-16-19(31)10-11-23(22)42-30(32)33)36-27(43-28)17-6-8-18(9-7-17)29(41)39-14-12-20(13-15-39)38(3)4/h5-11,16,20,30,35H,1,12-15,34H2,2-4H3,(H,37,40)/b25-21-. The molecule has 4 rings (SSSR count). The molecule has 0 spiro atoms. The Hall–Kier alpha value is -4.00. The van der Waals surface area contributed by atoms with Crippen LogP contribution in [0.2, 0.25) is 5.02 Å². The lowest BCUT2D eigenvalue weighted by molar-refractivity contribution is -0.112. The van der Waals surface area contributed by atoms with Gasteiger partial charge in [0.05, 0.1) is 5.57 Å². The Morgan fingerprint density at radius 3 is 2.47 bits per heavy atom. The molecule has 228 valence electrons. The van der Waals surface area contributed by atoms with Gasteiger partial charge in [-0.05, 0) is 57.3 Å². The van der Waals surface area contributed by atoms with Crippen LogP contribution in [0.15, 0.2) is 66.5 Å². The first kappa shape index (κ1) is 31.9. The number of carbonyl (C=O) groups is 2. The molecule has 0 saturated carbocycles. The van der Waals surface area contributed by atoms with Crippen molar-refractivity contribution < 1.29 is 23.1 Å². The Bertz CT molecular complexity index is 1520. The Kier molecular flexibility index (Phi) is 10.4. The van der Waals surface area contributed by atoms with E-state index in [2.05, 4.69) is 27.1 Å². The monoisotopic (exact) mass is 630 g/mol. The number of nitrogens with two attached hydrogens (primary N) is 1. The van der Waals surface area contributed by atoms with Crippen LogP contribution in [0.1, 0.15) is 23.2 Å². The maximum Gasteiger partial charge on any atom is 0.387 e. The molecule has 1 aliphatic heterocycles. The number of nitrogens with one attached hydrogen (secondary N) is 2. The number of hydrogen-bond acceptors (Lipinski definition) is 8. The first-order valence-corrected chi connectivity index (χ1v) is 14.6. The molecule has 0 aliphatic carbocycles. The molecule has 9 nitrogen and oxygen atoms in total. The second kappa shape index (κ2) is 14.0. The fourth-order valence-electron chi connectivity index (χ4n) is 4.75. The molecule has 3 aromatic rings. The molecule has 1 saturated heterocycles. The highest BCUT2D eigenvalue weighted by atomic mass is 35.5. The van der Waals surface area contributed by atoms with Crippen molar-refractivity contribution in [2.75, 3.05) is 39.5 Å². The number of alkyl halides is 2. The van der Waals surface area contributed by atoms with Gasteiger partial charge >= 0.3 is 6.61 Å². The molecule has 2 amide bonds. The highest BCUT2D eigenvalue weighted by Crippen LogP contribution is 2.43. The zero-order chi connectivity index (χ0) is 31.3. The van der Waals surface area contributed by atoms with E-state index in [1.165, 1.54) is 24.3 Å². The molecule has 0 radical (unpaired) electrons. The average molecular weight is 631 g/mol. The number of nitrogens with zero attached hydrogens (tertiary/aromatic N) is 3. The first-order chi connectivity index (χ1) is 20.5. The van der Waals surface area contributed by atoms with E-state index in [9.17, 15) is 18.4 Å². The van der Waals surface area contributed by atoms with E-state index in [0.717, 1.165) is 24.2 Å². The number of rotatable bonds is 10. The van der Waals surface area contributed by atoms with E-state index in [4.69, 9.17) is 22.1 Å². The summed E-state index contributed by atoms with van der Waals surface area (Å²) in [5.74, 6) is -0.708. The van der Waals surface area contributed by atoms with Crippen LogP contribution in [0.5, 0.6) is 5.75 Å². The van der Waals surface area contributed by atoms with Crippen LogP contribution in [0.4, 0.5) is 13.8 Å². The van der Waals surface area contributed by atoms with Crippen molar-refractivity contribution in [3.8, 4) is 27.6 Å². The summed E-state index contributed by atoms with van der Waals surface area (Å²) in [6, 6.07) is 11.6. The van der Waals surface area contributed by atoms with Crippen molar-refractivity contribution in [1.29, 1.82) is 0 Å². The smallest absolute Gasteiger partial charge is 0.387 e. The molecular weight excluding hydrogens is 598 g/mol. The lowest BCUT2D eigenvalue weighted by atomic mass is 10.0. The van der Waals surface area contributed by atoms with E-state index < -0.39 is 12.5 Å². The minimum Gasteiger partial charge on any atom is -0.434 e. The number of thiazole rings is 1. The quantitative estimate of drug-likeness (QED) is 0.203. The van der Waals surface area contributed by atoms with Gasteiger partial charge in [0, 0.05) is 47.9 Å². The molecule has 1 fully saturated rings. The van der Waals surface area contributed by atoms with Gasteiger partial charge in [-0.15, -0.1) is 0 Å². The van der Waals surface area contributed by atoms with Crippen molar-refractivity contribution in [2.24, 2.45) is 5.73 Å². The first-order valence-electron chi connectivity index (χ1n) is 13.4. The lowest BCUT2D eigenvalue weighted by Gasteiger charge is -2.35. The molecule has 0 atom stereocenters. The summed E-state index contributed by atoms with van der Waals surface area (Å²) in [4.78, 5) is 35.0. The Labute approximate surface area is 258 Å². The van der Waals surface area contributed by atoms with Crippen molar-refractivity contribution in [3.05, 3.63) is 77.1 Å². The second-order valence-electron chi connectivity index (χ2n) is 10.0. The van der Waals surface area contributed by atoms with Gasteiger partial charge in [0.2, 0.25) is 0 Å². The maximum atomic E-state index is 13.3. The van der Waals surface area contributed by atoms with Crippen LogP contribution >= 0.6 is 22.9 Å². The summed E-state index contributed by atoms with van der Waals surface area (Å²) >= 11 is 7.33. The lowest BCUT2D eigenvalue weighted by Crippen LogP contribution is -2.44. The van der Waals surface area contributed by atoms with Crippen molar-refractivity contribution in [1.82, 2.24) is 20.1 Å². The largest absolute Gasteiger partial charge is 0.434 e. The highest BCUT2D eigenvalue weighted by Gasteiger charge is 2.26. The predicted octanol–water partition coefficient (Wildman–Crippen LogP) is 5.41. The number of amides is 2. The molecule has 1 aromatic heterocycles. The molecule has 13 heteroatoms. The normalized spacial score (nSPS) is 14.5. The number of ether oxygens (including phenoxy) is 1. The van der Waals surface area contributed by atoms with Crippen LogP contribution < -0.4 is 21.1 Å².